The van der Waals surface area contributed by atoms with E-state index in [4.69, 9.17) is 0 Å². The average Bonchev–Trinajstić information content (AvgIpc) is 2.53. The van der Waals surface area contributed by atoms with Crippen LogP contribution in [0.1, 0.15) is 22.3 Å². The van der Waals surface area contributed by atoms with Crippen molar-refractivity contribution in [3.63, 3.8) is 0 Å². The van der Waals surface area contributed by atoms with Gasteiger partial charge in [0.15, 0.2) is 0 Å². The van der Waals surface area contributed by atoms with E-state index >= 15 is 0 Å². The molecule has 0 spiro atoms. The molecule has 0 aliphatic carbocycles. The number of thioether (sulfide) groups is 1. The van der Waals surface area contributed by atoms with Crippen LogP contribution in [-0.2, 0) is 11.3 Å². The molecule has 1 aliphatic rings. The third-order valence-corrected chi connectivity index (χ3v) is 4.66. The van der Waals surface area contributed by atoms with Crippen LogP contribution in [0.2, 0.25) is 0 Å². The number of amides is 2. The van der Waals surface area contributed by atoms with Crippen LogP contribution >= 0.6 is 11.8 Å². The Labute approximate surface area is 135 Å². The van der Waals surface area contributed by atoms with Crippen LogP contribution in [-0.4, -0.2) is 54.9 Å². The van der Waals surface area contributed by atoms with Crippen molar-refractivity contribution in [2.24, 2.45) is 0 Å². The van der Waals surface area contributed by atoms with Crippen LogP contribution in [0.5, 0.6) is 0 Å². The summed E-state index contributed by atoms with van der Waals surface area (Å²) in [5, 5.41) is 6.29. The summed E-state index contributed by atoms with van der Waals surface area (Å²) in [5.74, 6) is 2.16. The lowest BCUT2D eigenvalue weighted by atomic mass is 10.1. The number of carbonyl (C=O) groups is 2. The Bertz CT molecular complexity index is 511. The Morgan fingerprint density at radius 1 is 1.32 bits per heavy atom. The predicted molar refractivity (Wildman–Crippen MR) is 90.0 cm³/mol. The Kier molecular flexibility index (Phi) is 6.27. The number of nitrogens with zero attached hydrogens (tertiary/aromatic N) is 1. The van der Waals surface area contributed by atoms with E-state index in [9.17, 15) is 9.59 Å². The summed E-state index contributed by atoms with van der Waals surface area (Å²) < 4.78 is 0. The summed E-state index contributed by atoms with van der Waals surface area (Å²) >= 11 is 1.89. The Morgan fingerprint density at radius 2 is 2.05 bits per heavy atom. The van der Waals surface area contributed by atoms with Crippen molar-refractivity contribution >= 4 is 23.6 Å². The van der Waals surface area contributed by atoms with E-state index in [0.717, 1.165) is 23.6 Å². The first-order valence-electron chi connectivity index (χ1n) is 7.44. The first kappa shape index (κ1) is 16.8. The highest BCUT2D eigenvalue weighted by Crippen LogP contribution is 2.10. The molecule has 1 heterocycles. The van der Waals surface area contributed by atoms with Gasteiger partial charge >= 0.3 is 0 Å². The molecule has 6 heteroatoms. The summed E-state index contributed by atoms with van der Waals surface area (Å²) in [4.78, 5) is 25.3. The normalized spacial score (nSPS) is 17.8. The lowest BCUT2D eigenvalue weighted by molar-refractivity contribution is -0.121. The lowest BCUT2D eigenvalue weighted by Crippen LogP contribution is -2.41. The number of rotatable bonds is 5. The molecule has 1 aromatic carbocycles. The Hall–Kier alpha value is -1.53. The Morgan fingerprint density at radius 3 is 2.64 bits per heavy atom. The minimum atomic E-state index is -0.0172. The molecular weight excluding hydrogens is 298 g/mol. The summed E-state index contributed by atoms with van der Waals surface area (Å²) in [6.45, 7) is 1.47. The second-order valence-corrected chi connectivity index (χ2v) is 6.75. The van der Waals surface area contributed by atoms with Gasteiger partial charge in [0, 0.05) is 56.7 Å². The SMILES string of the molecule is CN(C)C(=O)c1ccc(CNC(=O)CC2CSCCN2)cc1. The van der Waals surface area contributed by atoms with E-state index in [1.165, 1.54) is 0 Å². The maximum Gasteiger partial charge on any atom is 0.253 e. The molecule has 1 saturated heterocycles. The third kappa shape index (κ3) is 5.03. The highest BCUT2D eigenvalue weighted by molar-refractivity contribution is 7.99. The van der Waals surface area contributed by atoms with Gasteiger partial charge in [-0.2, -0.15) is 11.8 Å². The minimum Gasteiger partial charge on any atom is -0.352 e. The smallest absolute Gasteiger partial charge is 0.253 e. The van der Waals surface area contributed by atoms with E-state index in [-0.39, 0.29) is 17.9 Å². The van der Waals surface area contributed by atoms with Crippen molar-refractivity contribution in [2.45, 2.75) is 19.0 Å². The van der Waals surface area contributed by atoms with Gasteiger partial charge in [-0.05, 0) is 17.7 Å². The summed E-state index contributed by atoms with van der Waals surface area (Å²) in [7, 11) is 3.46. The zero-order valence-electron chi connectivity index (χ0n) is 13.1. The first-order chi connectivity index (χ1) is 10.6. The van der Waals surface area contributed by atoms with Crippen molar-refractivity contribution in [1.29, 1.82) is 0 Å². The number of hydrogen-bond donors (Lipinski definition) is 2. The molecule has 2 N–H and O–H groups in total. The molecule has 2 amide bonds. The first-order valence-corrected chi connectivity index (χ1v) is 8.60. The van der Waals surface area contributed by atoms with Crippen LogP contribution in [0.25, 0.3) is 0 Å². The average molecular weight is 321 g/mol. The van der Waals surface area contributed by atoms with Gasteiger partial charge in [-0.15, -0.1) is 0 Å². The summed E-state index contributed by atoms with van der Waals surface area (Å²) in [6.07, 6.45) is 0.518. The zero-order valence-corrected chi connectivity index (χ0v) is 13.9. The monoisotopic (exact) mass is 321 g/mol. The van der Waals surface area contributed by atoms with Gasteiger partial charge < -0.3 is 15.5 Å². The van der Waals surface area contributed by atoms with Crippen molar-refractivity contribution in [2.75, 3.05) is 32.1 Å². The maximum atomic E-state index is 11.9. The standard InChI is InChI=1S/C16H23N3O2S/c1-19(2)16(21)13-5-3-12(4-6-13)10-18-15(20)9-14-11-22-8-7-17-14/h3-6,14,17H,7-11H2,1-2H3,(H,18,20). The minimum absolute atomic E-state index is 0.0172. The largest absolute Gasteiger partial charge is 0.352 e. The fraction of sp³-hybridized carbons (Fsp3) is 0.500. The fourth-order valence-corrected chi connectivity index (χ4v) is 3.22. The molecule has 0 saturated carbocycles. The van der Waals surface area contributed by atoms with Crippen molar-refractivity contribution in [3.05, 3.63) is 35.4 Å². The van der Waals surface area contributed by atoms with Crippen LogP contribution in [0, 0.1) is 0 Å². The number of hydrogen-bond acceptors (Lipinski definition) is 4. The number of benzene rings is 1. The van der Waals surface area contributed by atoms with Crippen LogP contribution in [0.15, 0.2) is 24.3 Å². The quantitative estimate of drug-likeness (QED) is 0.852. The van der Waals surface area contributed by atoms with Gasteiger partial charge in [-0.3, -0.25) is 9.59 Å². The molecule has 2 rings (SSSR count). The van der Waals surface area contributed by atoms with Gasteiger partial charge in [0.2, 0.25) is 5.91 Å². The molecule has 0 bridgehead atoms. The second kappa shape index (κ2) is 8.19. The van der Waals surface area contributed by atoms with E-state index in [1.54, 1.807) is 31.1 Å². The topological polar surface area (TPSA) is 61.4 Å². The lowest BCUT2D eigenvalue weighted by Gasteiger charge is -2.22. The third-order valence-electron chi connectivity index (χ3n) is 3.53. The molecule has 120 valence electrons. The number of carbonyl (C=O) groups excluding carboxylic acids is 2. The maximum absolute atomic E-state index is 11.9. The molecule has 1 aromatic rings. The molecule has 1 aliphatic heterocycles. The Balaban J connectivity index is 1.78. The van der Waals surface area contributed by atoms with Gasteiger partial charge in [0.05, 0.1) is 0 Å². The fourth-order valence-electron chi connectivity index (χ4n) is 2.27. The van der Waals surface area contributed by atoms with Gasteiger partial charge in [0.1, 0.15) is 0 Å². The van der Waals surface area contributed by atoms with Crippen molar-refractivity contribution in [3.8, 4) is 0 Å². The zero-order chi connectivity index (χ0) is 15.9. The number of nitrogens with one attached hydrogen (secondary N) is 2. The van der Waals surface area contributed by atoms with Crippen LogP contribution in [0.4, 0.5) is 0 Å². The van der Waals surface area contributed by atoms with Crippen LogP contribution in [0.3, 0.4) is 0 Å². The van der Waals surface area contributed by atoms with Crippen molar-refractivity contribution < 1.29 is 9.59 Å². The molecule has 5 nitrogen and oxygen atoms in total. The van der Waals surface area contributed by atoms with E-state index in [1.807, 2.05) is 23.9 Å². The van der Waals surface area contributed by atoms with E-state index < -0.39 is 0 Å². The molecular formula is C16H23N3O2S. The molecule has 1 fully saturated rings. The molecule has 0 aromatic heterocycles. The van der Waals surface area contributed by atoms with Gasteiger partial charge in [-0.25, -0.2) is 0 Å². The predicted octanol–water partition coefficient (Wildman–Crippen LogP) is 1.10. The van der Waals surface area contributed by atoms with Gasteiger partial charge in [-0.1, -0.05) is 12.1 Å². The highest BCUT2D eigenvalue weighted by atomic mass is 32.2. The van der Waals surface area contributed by atoms with E-state index in [0.29, 0.717) is 18.5 Å². The molecule has 0 radical (unpaired) electrons. The second-order valence-electron chi connectivity index (χ2n) is 5.60. The van der Waals surface area contributed by atoms with Gasteiger partial charge in [0.25, 0.3) is 5.91 Å². The van der Waals surface area contributed by atoms with Crippen molar-refractivity contribution in [1.82, 2.24) is 15.5 Å². The summed E-state index contributed by atoms with van der Waals surface area (Å²) in [6, 6.07) is 7.63. The molecule has 22 heavy (non-hydrogen) atoms. The van der Waals surface area contributed by atoms with E-state index in [2.05, 4.69) is 10.6 Å². The molecule has 1 unspecified atom stereocenters. The highest BCUT2D eigenvalue weighted by Gasteiger charge is 2.16. The molecule has 1 atom stereocenters. The van der Waals surface area contributed by atoms with Crippen LogP contribution < -0.4 is 10.6 Å². The summed E-state index contributed by atoms with van der Waals surface area (Å²) in [5.41, 5.74) is 1.65.